The average molecular weight is 359 g/mol. The zero-order chi connectivity index (χ0) is 18.7. The van der Waals surface area contributed by atoms with Gasteiger partial charge in [-0.25, -0.2) is 14.5 Å². The Kier molecular flexibility index (Phi) is 6.57. The van der Waals surface area contributed by atoms with Crippen LogP contribution in [0.5, 0.6) is 0 Å². The van der Waals surface area contributed by atoms with Gasteiger partial charge in [0, 0.05) is 8.07 Å². The average Bonchev–Trinajstić information content (AvgIpc) is 2.37. The molecule has 0 radical (unpaired) electrons. The summed E-state index contributed by atoms with van der Waals surface area (Å²) in [7, 11) is -1.40. The van der Waals surface area contributed by atoms with Crippen LogP contribution in [0.3, 0.4) is 0 Å². The number of rotatable bonds is 4. The van der Waals surface area contributed by atoms with Crippen LogP contribution in [0.25, 0.3) is 0 Å². The minimum absolute atomic E-state index is 0.113. The molecule has 24 heavy (non-hydrogen) atoms. The third kappa shape index (κ3) is 6.24. The van der Waals surface area contributed by atoms with E-state index in [2.05, 4.69) is 19.6 Å². The van der Waals surface area contributed by atoms with E-state index in [9.17, 15) is 19.5 Å². The lowest BCUT2D eigenvalue weighted by Crippen LogP contribution is -2.57. The fraction of sp³-hybridized carbons (Fsp3) is 0.812. The van der Waals surface area contributed by atoms with Crippen molar-refractivity contribution in [3.8, 4) is 0 Å². The van der Waals surface area contributed by atoms with Crippen molar-refractivity contribution >= 4 is 26.0 Å². The molecule has 7 nitrogen and oxygen atoms in total. The Bertz CT molecular complexity index is 494. The molecular weight excluding hydrogens is 330 g/mol. The summed E-state index contributed by atoms with van der Waals surface area (Å²) in [6, 6.07) is -0.306. The summed E-state index contributed by atoms with van der Waals surface area (Å²) < 4.78 is 10.5. The van der Waals surface area contributed by atoms with Gasteiger partial charge in [-0.15, -0.1) is 0 Å². The molecule has 1 saturated heterocycles. The maximum atomic E-state index is 12.3. The highest BCUT2D eigenvalue weighted by Gasteiger charge is 2.44. The summed E-state index contributed by atoms with van der Waals surface area (Å²) in [6.45, 7) is 11.7. The molecule has 2 atom stereocenters. The molecular formula is C16H29NO6Si. The number of esters is 1. The van der Waals surface area contributed by atoms with E-state index in [4.69, 9.17) is 9.47 Å². The lowest BCUT2D eigenvalue weighted by Gasteiger charge is -2.35. The molecule has 0 spiro atoms. The van der Waals surface area contributed by atoms with Gasteiger partial charge in [-0.05, 0) is 39.7 Å². The number of aliphatic hydroxyl groups is 1. The Morgan fingerprint density at radius 1 is 1.25 bits per heavy atom. The molecule has 2 amide bonds. The first kappa shape index (κ1) is 20.6. The van der Waals surface area contributed by atoms with Crippen LogP contribution in [0.2, 0.25) is 25.7 Å². The van der Waals surface area contributed by atoms with E-state index < -0.39 is 43.8 Å². The summed E-state index contributed by atoms with van der Waals surface area (Å²) in [4.78, 5) is 37.5. The van der Waals surface area contributed by atoms with Crippen LogP contribution in [0.1, 0.15) is 33.6 Å². The number of aliphatic hydroxyl groups excluding tert-OH is 1. The van der Waals surface area contributed by atoms with Gasteiger partial charge in [-0.1, -0.05) is 19.6 Å². The first-order valence-electron chi connectivity index (χ1n) is 8.22. The molecule has 0 saturated carbocycles. The Balaban J connectivity index is 2.84. The molecule has 1 fully saturated rings. The third-order valence-electron chi connectivity index (χ3n) is 3.50. The van der Waals surface area contributed by atoms with Crippen LogP contribution in [0, 0.1) is 0 Å². The van der Waals surface area contributed by atoms with Gasteiger partial charge < -0.3 is 14.6 Å². The summed E-state index contributed by atoms with van der Waals surface area (Å²) in [6.07, 6.45) is -1.92. The second-order valence-corrected chi connectivity index (χ2v) is 13.9. The van der Waals surface area contributed by atoms with Gasteiger partial charge in [0.05, 0.1) is 6.61 Å². The van der Waals surface area contributed by atoms with E-state index in [1.165, 1.54) is 0 Å². The van der Waals surface area contributed by atoms with E-state index in [0.29, 0.717) is 4.90 Å². The zero-order valence-corrected chi connectivity index (χ0v) is 16.4. The van der Waals surface area contributed by atoms with Crippen LogP contribution in [-0.2, 0) is 19.1 Å². The number of ether oxygens (including phenoxy) is 2. The maximum Gasteiger partial charge on any atom is 0.417 e. The van der Waals surface area contributed by atoms with Crippen molar-refractivity contribution in [2.24, 2.45) is 0 Å². The SMILES string of the molecule is CC(C)(C)OC(=O)[C@@H]1CC[C@@H](O)C(=O)N1C(=O)OCC[Si](C)(C)C. The van der Waals surface area contributed by atoms with Crippen molar-refractivity contribution in [3.63, 3.8) is 0 Å². The standard InChI is InChI=1S/C16H29NO6Si/c1-16(2,3)23-14(20)11-7-8-12(18)13(19)17(11)15(21)22-9-10-24(4,5)6/h11-12,18H,7-10H2,1-6H3/t11-,12+/m0/s1. The first-order valence-corrected chi connectivity index (χ1v) is 11.9. The van der Waals surface area contributed by atoms with Gasteiger partial charge in [0.25, 0.3) is 5.91 Å². The normalized spacial score (nSPS) is 22.3. The van der Waals surface area contributed by atoms with E-state index >= 15 is 0 Å². The summed E-state index contributed by atoms with van der Waals surface area (Å²) in [5.41, 5.74) is -0.733. The molecule has 1 aliphatic heterocycles. The van der Waals surface area contributed by atoms with Crippen molar-refractivity contribution < 1.29 is 29.0 Å². The van der Waals surface area contributed by atoms with Crippen molar-refractivity contribution in [3.05, 3.63) is 0 Å². The van der Waals surface area contributed by atoms with Gasteiger partial charge in [0.1, 0.15) is 17.7 Å². The lowest BCUT2D eigenvalue weighted by atomic mass is 9.99. The Labute approximate surface area is 144 Å². The number of imide groups is 1. The predicted molar refractivity (Wildman–Crippen MR) is 91.2 cm³/mol. The maximum absolute atomic E-state index is 12.3. The van der Waals surface area contributed by atoms with Crippen molar-refractivity contribution in [1.82, 2.24) is 4.90 Å². The number of carbonyl (C=O) groups excluding carboxylic acids is 3. The summed E-state index contributed by atoms with van der Waals surface area (Å²) in [5, 5.41) is 9.74. The smallest absolute Gasteiger partial charge is 0.417 e. The molecule has 0 aromatic rings. The molecule has 8 heteroatoms. The molecule has 0 aromatic heterocycles. The van der Waals surface area contributed by atoms with Crippen molar-refractivity contribution in [1.29, 1.82) is 0 Å². The number of amides is 2. The highest BCUT2D eigenvalue weighted by molar-refractivity contribution is 6.76. The van der Waals surface area contributed by atoms with E-state index in [1.807, 2.05) is 0 Å². The molecule has 138 valence electrons. The highest BCUT2D eigenvalue weighted by Crippen LogP contribution is 2.23. The molecule has 1 rings (SSSR count). The fourth-order valence-corrected chi connectivity index (χ4v) is 2.92. The number of hydrogen-bond acceptors (Lipinski definition) is 6. The van der Waals surface area contributed by atoms with Crippen LogP contribution in [-0.4, -0.2) is 60.4 Å². The molecule has 0 aliphatic carbocycles. The van der Waals surface area contributed by atoms with E-state index in [1.54, 1.807) is 20.8 Å². The van der Waals surface area contributed by atoms with Crippen LogP contribution in [0.15, 0.2) is 0 Å². The van der Waals surface area contributed by atoms with Gasteiger partial charge in [0.2, 0.25) is 0 Å². The van der Waals surface area contributed by atoms with Crippen LogP contribution >= 0.6 is 0 Å². The predicted octanol–water partition coefficient (Wildman–Crippen LogP) is 2.15. The molecule has 0 unspecified atom stereocenters. The second kappa shape index (κ2) is 7.65. The molecule has 1 aliphatic rings. The Morgan fingerprint density at radius 2 is 1.83 bits per heavy atom. The van der Waals surface area contributed by atoms with Crippen molar-refractivity contribution in [2.45, 2.75) is 77.0 Å². The van der Waals surface area contributed by atoms with Gasteiger partial charge in [-0.3, -0.25) is 4.79 Å². The highest BCUT2D eigenvalue weighted by atomic mass is 28.3. The number of hydrogen-bond donors (Lipinski definition) is 1. The third-order valence-corrected chi connectivity index (χ3v) is 5.20. The zero-order valence-electron chi connectivity index (χ0n) is 15.4. The van der Waals surface area contributed by atoms with Crippen molar-refractivity contribution in [2.75, 3.05) is 6.61 Å². The minimum atomic E-state index is -1.40. The van der Waals surface area contributed by atoms with Gasteiger partial charge in [0.15, 0.2) is 0 Å². The fourth-order valence-electron chi connectivity index (χ4n) is 2.21. The van der Waals surface area contributed by atoms with E-state index in [-0.39, 0.29) is 19.4 Å². The van der Waals surface area contributed by atoms with Crippen LogP contribution < -0.4 is 0 Å². The first-order chi connectivity index (χ1) is 10.8. The number of likely N-dealkylation sites (tertiary alicyclic amines) is 1. The summed E-state index contributed by atoms with van der Waals surface area (Å²) in [5.74, 6) is -1.47. The van der Waals surface area contributed by atoms with Crippen LogP contribution in [0.4, 0.5) is 4.79 Å². The lowest BCUT2D eigenvalue weighted by molar-refractivity contribution is -0.168. The molecule has 0 aromatic carbocycles. The topological polar surface area (TPSA) is 93.1 Å². The Hall–Kier alpha value is -1.41. The Morgan fingerprint density at radius 3 is 2.33 bits per heavy atom. The number of nitrogens with zero attached hydrogens (tertiary/aromatic N) is 1. The number of carbonyl (C=O) groups is 3. The molecule has 1 heterocycles. The largest absolute Gasteiger partial charge is 0.458 e. The van der Waals surface area contributed by atoms with Gasteiger partial charge >= 0.3 is 12.1 Å². The summed E-state index contributed by atoms with van der Waals surface area (Å²) >= 11 is 0. The number of piperidine rings is 1. The molecule has 0 bridgehead atoms. The second-order valence-electron chi connectivity index (χ2n) is 8.28. The quantitative estimate of drug-likeness (QED) is 0.611. The minimum Gasteiger partial charge on any atom is -0.458 e. The monoisotopic (exact) mass is 359 g/mol. The van der Waals surface area contributed by atoms with Gasteiger partial charge in [-0.2, -0.15) is 0 Å². The van der Waals surface area contributed by atoms with E-state index in [0.717, 1.165) is 6.04 Å². The molecule has 1 N–H and O–H groups in total.